The molecule has 0 aliphatic heterocycles. The van der Waals surface area contributed by atoms with Gasteiger partial charge >= 0.3 is 0 Å². The number of hydrogen-bond acceptors (Lipinski definition) is 4. The van der Waals surface area contributed by atoms with Crippen LogP contribution in [0.4, 0.5) is 5.82 Å². The molecule has 1 aliphatic rings. The minimum Gasteiger partial charge on any atom is -0.370 e. The second-order valence-corrected chi connectivity index (χ2v) is 6.99. The first-order chi connectivity index (χ1) is 9.72. The lowest BCUT2D eigenvalue weighted by Crippen LogP contribution is -2.09. The molecule has 1 aromatic heterocycles. The van der Waals surface area contributed by atoms with Gasteiger partial charge in [0.2, 0.25) is 0 Å². The van der Waals surface area contributed by atoms with Crippen LogP contribution in [0.5, 0.6) is 0 Å². The second-order valence-electron chi connectivity index (χ2n) is 5.98. The minimum absolute atomic E-state index is 0.460. The first-order valence-corrected chi connectivity index (χ1v) is 8.92. The van der Waals surface area contributed by atoms with E-state index in [1.165, 1.54) is 42.0 Å². The average molecular weight is 293 g/mol. The summed E-state index contributed by atoms with van der Waals surface area (Å²) < 4.78 is 0. The average Bonchev–Trinajstić information content (AvgIpc) is 2.95. The van der Waals surface area contributed by atoms with Crippen molar-refractivity contribution >= 4 is 17.6 Å². The summed E-state index contributed by atoms with van der Waals surface area (Å²) in [5.74, 6) is 3.60. The van der Waals surface area contributed by atoms with Crippen molar-refractivity contribution < 1.29 is 0 Å². The molecule has 1 aliphatic carbocycles. The van der Waals surface area contributed by atoms with Gasteiger partial charge in [0, 0.05) is 17.9 Å². The third kappa shape index (κ3) is 4.11. The summed E-state index contributed by atoms with van der Waals surface area (Å²) in [6.45, 7) is 7.62. The number of hydrogen-bond donors (Lipinski definition) is 1. The van der Waals surface area contributed by atoms with Crippen LogP contribution in [0.3, 0.4) is 0 Å². The highest BCUT2D eigenvalue weighted by Crippen LogP contribution is 2.35. The maximum absolute atomic E-state index is 4.54. The van der Waals surface area contributed by atoms with E-state index in [0.29, 0.717) is 5.92 Å². The third-order valence-corrected chi connectivity index (χ3v) is 5.13. The normalized spacial score (nSPS) is 16.0. The summed E-state index contributed by atoms with van der Waals surface area (Å²) in [4.78, 5) is 8.98. The summed E-state index contributed by atoms with van der Waals surface area (Å²) in [6, 6.07) is 0. The van der Waals surface area contributed by atoms with E-state index >= 15 is 0 Å². The molecule has 0 radical (unpaired) electrons. The highest BCUT2D eigenvalue weighted by molar-refractivity contribution is 7.99. The molecule has 1 aromatic rings. The van der Waals surface area contributed by atoms with Crippen LogP contribution in [-0.2, 0) is 0 Å². The Morgan fingerprint density at radius 3 is 2.70 bits per heavy atom. The Balaban J connectivity index is 2.09. The lowest BCUT2D eigenvalue weighted by molar-refractivity contribution is 0.622. The zero-order chi connectivity index (χ0) is 14.4. The summed E-state index contributed by atoms with van der Waals surface area (Å²) in [6.07, 6.45) is 8.45. The topological polar surface area (TPSA) is 37.8 Å². The fraction of sp³-hybridized carbons (Fsp3) is 0.750. The molecular formula is C16H27N3S. The Morgan fingerprint density at radius 1 is 1.30 bits per heavy atom. The van der Waals surface area contributed by atoms with Gasteiger partial charge in [-0.25, -0.2) is 9.97 Å². The Labute approximate surface area is 127 Å². The van der Waals surface area contributed by atoms with Gasteiger partial charge in [-0.15, -0.1) is 11.8 Å². The maximum atomic E-state index is 4.54. The molecule has 0 aromatic carbocycles. The number of anilines is 1. The van der Waals surface area contributed by atoms with Gasteiger partial charge in [0.15, 0.2) is 0 Å². The minimum atomic E-state index is 0.460. The molecule has 20 heavy (non-hydrogen) atoms. The fourth-order valence-corrected chi connectivity index (χ4v) is 4.11. The smallest absolute Gasteiger partial charge is 0.133 e. The first-order valence-electron chi connectivity index (χ1n) is 7.94. The van der Waals surface area contributed by atoms with Gasteiger partial charge in [-0.3, -0.25) is 0 Å². The molecular weight excluding hydrogens is 266 g/mol. The standard InChI is InChI=1S/C16H27N3S/c1-4-9-17-15-14(12(2)3)16(19-11-18-15)20-10-13-7-5-6-8-13/h11-13H,4-10H2,1-3H3,(H,17,18,19). The van der Waals surface area contributed by atoms with Gasteiger partial charge in [-0.2, -0.15) is 0 Å². The Kier molecular flexibility index (Phi) is 6.14. The van der Waals surface area contributed by atoms with E-state index in [2.05, 4.69) is 36.1 Å². The maximum Gasteiger partial charge on any atom is 0.133 e. The summed E-state index contributed by atoms with van der Waals surface area (Å²) in [7, 11) is 0. The zero-order valence-electron chi connectivity index (χ0n) is 13.0. The van der Waals surface area contributed by atoms with Crippen molar-refractivity contribution in [3.63, 3.8) is 0 Å². The van der Waals surface area contributed by atoms with Gasteiger partial charge in [0.25, 0.3) is 0 Å². The van der Waals surface area contributed by atoms with E-state index in [9.17, 15) is 0 Å². The van der Waals surface area contributed by atoms with E-state index in [-0.39, 0.29) is 0 Å². The van der Waals surface area contributed by atoms with Crippen LogP contribution >= 0.6 is 11.8 Å². The van der Waals surface area contributed by atoms with Crippen molar-refractivity contribution in [3.8, 4) is 0 Å². The summed E-state index contributed by atoms with van der Waals surface area (Å²) in [5.41, 5.74) is 1.30. The number of aromatic nitrogens is 2. The fourth-order valence-electron chi connectivity index (χ4n) is 2.77. The van der Waals surface area contributed by atoms with Gasteiger partial charge in [-0.05, 0) is 31.1 Å². The molecule has 3 nitrogen and oxygen atoms in total. The van der Waals surface area contributed by atoms with E-state index in [1.807, 2.05) is 11.8 Å². The largest absolute Gasteiger partial charge is 0.370 e. The predicted molar refractivity (Wildman–Crippen MR) is 87.6 cm³/mol. The van der Waals surface area contributed by atoms with Crippen molar-refractivity contribution in [1.82, 2.24) is 9.97 Å². The van der Waals surface area contributed by atoms with Crippen molar-refractivity contribution in [3.05, 3.63) is 11.9 Å². The van der Waals surface area contributed by atoms with Gasteiger partial charge < -0.3 is 5.32 Å². The Bertz CT molecular complexity index is 414. The summed E-state index contributed by atoms with van der Waals surface area (Å²) >= 11 is 1.93. The Morgan fingerprint density at radius 2 is 2.05 bits per heavy atom. The monoisotopic (exact) mass is 293 g/mol. The zero-order valence-corrected chi connectivity index (χ0v) is 13.8. The van der Waals surface area contributed by atoms with Gasteiger partial charge in [0.05, 0.1) is 0 Å². The van der Waals surface area contributed by atoms with Crippen molar-refractivity contribution in [2.75, 3.05) is 17.6 Å². The molecule has 0 amide bonds. The first kappa shape index (κ1) is 15.6. The molecule has 2 rings (SSSR count). The second kappa shape index (κ2) is 7.87. The number of thioether (sulfide) groups is 1. The molecule has 1 heterocycles. The SMILES string of the molecule is CCCNc1ncnc(SCC2CCCC2)c1C(C)C. The van der Waals surface area contributed by atoms with Crippen molar-refractivity contribution in [1.29, 1.82) is 0 Å². The molecule has 0 atom stereocenters. The number of rotatable bonds is 7. The molecule has 0 unspecified atom stereocenters. The summed E-state index contributed by atoms with van der Waals surface area (Å²) in [5, 5.41) is 4.63. The van der Waals surface area contributed by atoms with Crippen molar-refractivity contribution in [2.24, 2.45) is 5.92 Å². The van der Waals surface area contributed by atoms with Crippen molar-refractivity contribution in [2.45, 2.75) is 63.8 Å². The number of nitrogens with one attached hydrogen (secondary N) is 1. The molecule has 1 fully saturated rings. The van der Waals surface area contributed by atoms with Gasteiger partial charge in [0.1, 0.15) is 17.2 Å². The molecule has 4 heteroatoms. The van der Waals surface area contributed by atoms with Crippen LogP contribution in [-0.4, -0.2) is 22.3 Å². The highest BCUT2D eigenvalue weighted by atomic mass is 32.2. The van der Waals surface area contributed by atoms with Crippen LogP contribution in [0.25, 0.3) is 0 Å². The number of nitrogens with zero attached hydrogens (tertiary/aromatic N) is 2. The van der Waals surface area contributed by atoms with Crippen LogP contribution in [0.15, 0.2) is 11.4 Å². The lowest BCUT2D eigenvalue weighted by Gasteiger charge is -2.17. The molecule has 1 N–H and O–H groups in total. The highest BCUT2D eigenvalue weighted by Gasteiger charge is 2.19. The third-order valence-electron chi connectivity index (χ3n) is 3.90. The van der Waals surface area contributed by atoms with E-state index in [4.69, 9.17) is 0 Å². The van der Waals surface area contributed by atoms with Crippen LogP contribution < -0.4 is 5.32 Å². The molecule has 0 bridgehead atoms. The molecule has 0 saturated heterocycles. The predicted octanol–water partition coefficient (Wildman–Crippen LogP) is 4.70. The quantitative estimate of drug-likeness (QED) is 0.584. The molecule has 0 spiro atoms. The van der Waals surface area contributed by atoms with Gasteiger partial charge in [-0.1, -0.05) is 33.6 Å². The van der Waals surface area contributed by atoms with E-state index in [0.717, 1.165) is 24.7 Å². The lowest BCUT2D eigenvalue weighted by atomic mass is 10.1. The van der Waals surface area contributed by atoms with E-state index in [1.54, 1.807) is 6.33 Å². The van der Waals surface area contributed by atoms with E-state index < -0.39 is 0 Å². The van der Waals surface area contributed by atoms with Crippen LogP contribution in [0.2, 0.25) is 0 Å². The molecule has 1 saturated carbocycles. The van der Waals surface area contributed by atoms with Crippen LogP contribution in [0, 0.1) is 5.92 Å². The van der Waals surface area contributed by atoms with Crippen LogP contribution in [0.1, 0.15) is 64.4 Å². The Hall–Kier alpha value is -0.770. The molecule has 112 valence electrons.